The second-order valence-electron chi connectivity index (χ2n) is 4.11. The van der Waals surface area contributed by atoms with E-state index in [1.165, 1.54) is 5.56 Å². The zero-order chi connectivity index (χ0) is 11.4. The number of aryl methyl sites for hydroxylation is 1. The topological polar surface area (TPSA) is 26.0 Å². The number of hydrogen-bond donors (Lipinski definition) is 1. The Bertz CT molecular complexity index is 318. The molecule has 0 saturated heterocycles. The molecule has 2 N–H and O–H groups in total. The first kappa shape index (κ1) is 12.5. The highest BCUT2D eigenvalue weighted by atomic mass is 35.5. The van der Waals surface area contributed by atoms with Crippen LogP contribution in [0.25, 0.3) is 0 Å². The molecule has 1 aromatic carbocycles. The highest BCUT2D eigenvalue weighted by Gasteiger charge is 2.16. The van der Waals surface area contributed by atoms with Crippen LogP contribution in [0.2, 0.25) is 5.02 Å². The van der Waals surface area contributed by atoms with Crippen molar-refractivity contribution in [2.24, 2.45) is 11.7 Å². The molecule has 84 valence electrons. The summed E-state index contributed by atoms with van der Waals surface area (Å²) < 4.78 is 0. The van der Waals surface area contributed by atoms with E-state index >= 15 is 0 Å². The van der Waals surface area contributed by atoms with Crippen molar-refractivity contribution in [3.63, 3.8) is 0 Å². The van der Waals surface area contributed by atoms with Gasteiger partial charge in [-0.15, -0.1) is 0 Å². The fraction of sp³-hybridized carbons (Fsp3) is 0.538. The summed E-state index contributed by atoms with van der Waals surface area (Å²) in [5.41, 5.74) is 8.54. The minimum atomic E-state index is 0.135. The van der Waals surface area contributed by atoms with Gasteiger partial charge in [-0.05, 0) is 30.0 Å². The summed E-state index contributed by atoms with van der Waals surface area (Å²) in [7, 11) is 0. The van der Waals surface area contributed by atoms with Gasteiger partial charge in [-0.2, -0.15) is 0 Å². The van der Waals surface area contributed by atoms with Gasteiger partial charge in [0, 0.05) is 11.1 Å². The minimum Gasteiger partial charge on any atom is -0.324 e. The van der Waals surface area contributed by atoms with E-state index in [1.807, 2.05) is 19.1 Å². The molecule has 2 heteroatoms. The van der Waals surface area contributed by atoms with Crippen molar-refractivity contribution in [3.05, 3.63) is 34.3 Å². The van der Waals surface area contributed by atoms with E-state index < -0.39 is 0 Å². The first-order chi connectivity index (χ1) is 7.10. The van der Waals surface area contributed by atoms with Crippen LogP contribution >= 0.6 is 11.6 Å². The lowest BCUT2D eigenvalue weighted by molar-refractivity contribution is 0.405. The highest BCUT2D eigenvalue weighted by molar-refractivity contribution is 6.31. The Morgan fingerprint density at radius 3 is 2.33 bits per heavy atom. The molecular weight excluding hydrogens is 206 g/mol. The Labute approximate surface area is 97.6 Å². The van der Waals surface area contributed by atoms with Crippen LogP contribution in [0.5, 0.6) is 0 Å². The maximum Gasteiger partial charge on any atom is 0.0435 e. The molecule has 15 heavy (non-hydrogen) atoms. The van der Waals surface area contributed by atoms with E-state index in [2.05, 4.69) is 19.9 Å². The molecular formula is C13H20ClN. The van der Waals surface area contributed by atoms with Gasteiger partial charge in [0.1, 0.15) is 0 Å². The fourth-order valence-corrected chi connectivity index (χ4v) is 2.06. The Morgan fingerprint density at radius 1 is 1.27 bits per heavy atom. The number of benzene rings is 1. The van der Waals surface area contributed by atoms with Crippen LogP contribution in [0.3, 0.4) is 0 Å². The summed E-state index contributed by atoms with van der Waals surface area (Å²) in [6.45, 7) is 6.40. The zero-order valence-electron chi connectivity index (χ0n) is 9.76. The van der Waals surface area contributed by atoms with E-state index in [9.17, 15) is 0 Å². The summed E-state index contributed by atoms with van der Waals surface area (Å²) in [6, 6.07) is 6.22. The van der Waals surface area contributed by atoms with E-state index in [0.29, 0.717) is 5.92 Å². The number of rotatable bonds is 4. The second-order valence-corrected chi connectivity index (χ2v) is 4.52. The van der Waals surface area contributed by atoms with Crippen LogP contribution in [-0.4, -0.2) is 0 Å². The van der Waals surface area contributed by atoms with Crippen LogP contribution in [-0.2, 0) is 0 Å². The molecule has 0 radical (unpaired) electrons. The van der Waals surface area contributed by atoms with Crippen molar-refractivity contribution < 1.29 is 0 Å². The molecule has 1 nitrogen and oxygen atoms in total. The van der Waals surface area contributed by atoms with E-state index in [-0.39, 0.29) is 6.04 Å². The van der Waals surface area contributed by atoms with E-state index in [0.717, 1.165) is 23.4 Å². The molecule has 0 aliphatic rings. The van der Waals surface area contributed by atoms with Crippen molar-refractivity contribution in [3.8, 4) is 0 Å². The maximum atomic E-state index is 6.24. The first-order valence-electron chi connectivity index (χ1n) is 5.61. The third-order valence-corrected chi connectivity index (χ3v) is 3.55. The van der Waals surface area contributed by atoms with Crippen LogP contribution in [0, 0.1) is 12.8 Å². The van der Waals surface area contributed by atoms with Gasteiger partial charge in [-0.1, -0.05) is 50.4 Å². The molecule has 0 bridgehead atoms. The molecule has 1 atom stereocenters. The summed E-state index contributed by atoms with van der Waals surface area (Å²) in [6.07, 6.45) is 2.25. The molecule has 0 spiro atoms. The van der Waals surface area contributed by atoms with Crippen LogP contribution in [0.1, 0.15) is 43.9 Å². The van der Waals surface area contributed by atoms with Crippen molar-refractivity contribution in [2.75, 3.05) is 0 Å². The fourth-order valence-electron chi connectivity index (χ4n) is 1.94. The quantitative estimate of drug-likeness (QED) is 0.821. The number of nitrogens with two attached hydrogens (primary N) is 1. The average molecular weight is 226 g/mol. The first-order valence-corrected chi connectivity index (χ1v) is 5.99. The lowest BCUT2D eigenvalue weighted by Crippen LogP contribution is -2.20. The van der Waals surface area contributed by atoms with Gasteiger partial charge in [0.25, 0.3) is 0 Å². The van der Waals surface area contributed by atoms with E-state index in [4.69, 9.17) is 17.3 Å². The predicted molar refractivity (Wildman–Crippen MR) is 67.2 cm³/mol. The third kappa shape index (κ3) is 2.96. The monoisotopic (exact) mass is 225 g/mol. The van der Waals surface area contributed by atoms with Gasteiger partial charge in [0.15, 0.2) is 0 Å². The Morgan fingerprint density at radius 2 is 1.87 bits per heavy atom. The Kier molecular flexibility index (Phi) is 4.62. The normalized spacial score (nSPS) is 13.2. The maximum absolute atomic E-state index is 6.24. The van der Waals surface area contributed by atoms with Crippen molar-refractivity contribution in [2.45, 2.75) is 39.7 Å². The summed E-state index contributed by atoms with van der Waals surface area (Å²) >= 11 is 5.99. The summed E-state index contributed by atoms with van der Waals surface area (Å²) in [4.78, 5) is 0. The van der Waals surface area contributed by atoms with Crippen molar-refractivity contribution in [1.29, 1.82) is 0 Å². The van der Waals surface area contributed by atoms with Gasteiger partial charge in [-0.3, -0.25) is 0 Å². The van der Waals surface area contributed by atoms with Crippen molar-refractivity contribution >= 4 is 11.6 Å². The lowest BCUT2D eigenvalue weighted by atomic mass is 9.89. The second kappa shape index (κ2) is 5.53. The summed E-state index contributed by atoms with van der Waals surface area (Å²) in [5, 5.41) is 0.815. The molecule has 0 aromatic heterocycles. The Hall–Kier alpha value is -0.530. The standard InChI is InChI=1S/C13H20ClN/c1-4-10(5-2)13(15)11-6-7-12(14)9(3)8-11/h6-8,10,13H,4-5,15H2,1-3H3. The average Bonchev–Trinajstić information content (AvgIpc) is 2.23. The smallest absolute Gasteiger partial charge is 0.0435 e. The molecule has 0 amide bonds. The molecule has 0 aliphatic heterocycles. The molecule has 0 fully saturated rings. The van der Waals surface area contributed by atoms with Gasteiger partial charge in [0.2, 0.25) is 0 Å². The minimum absolute atomic E-state index is 0.135. The van der Waals surface area contributed by atoms with Crippen molar-refractivity contribution in [1.82, 2.24) is 0 Å². The molecule has 1 aromatic rings. The molecule has 0 saturated carbocycles. The van der Waals surface area contributed by atoms with Gasteiger partial charge < -0.3 is 5.73 Å². The van der Waals surface area contributed by atoms with Crippen LogP contribution in [0.4, 0.5) is 0 Å². The third-order valence-electron chi connectivity index (χ3n) is 3.12. The van der Waals surface area contributed by atoms with Gasteiger partial charge in [-0.25, -0.2) is 0 Å². The SMILES string of the molecule is CCC(CC)C(N)c1ccc(Cl)c(C)c1. The van der Waals surface area contributed by atoms with Gasteiger partial charge >= 0.3 is 0 Å². The van der Waals surface area contributed by atoms with Crippen LogP contribution < -0.4 is 5.73 Å². The molecule has 1 rings (SSSR count). The van der Waals surface area contributed by atoms with E-state index in [1.54, 1.807) is 0 Å². The summed E-state index contributed by atoms with van der Waals surface area (Å²) in [5.74, 6) is 0.561. The number of hydrogen-bond acceptors (Lipinski definition) is 1. The molecule has 0 aliphatic carbocycles. The lowest BCUT2D eigenvalue weighted by Gasteiger charge is -2.22. The zero-order valence-corrected chi connectivity index (χ0v) is 10.5. The predicted octanol–water partition coefficient (Wildman–Crippen LogP) is 4.08. The largest absolute Gasteiger partial charge is 0.324 e. The number of halogens is 1. The molecule has 0 heterocycles. The highest BCUT2D eigenvalue weighted by Crippen LogP contribution is 2.27. The Balaban J connectivity index is 2.90. The van der Waals surface area contributed by atoms with Gasteiger partial charge in [0.05, 0.1) is 0 Å². The van der Waals surface area contributed by atoms with Crippen LogP contribution in [0.15, 0.2) is 18.2 Å². The molecule has 1 unspecified atom stereocenters.